The summed E-state index contributed by atoms with van der Waals surface area (Å²) in [6.07, 6.45) is 2.06. The number of amides is 1. The minimum Gasteiger partial charge on any atom is -0.345 e. The first-order valence-corrected chi connectivity index (χ1v) is 7.37. The van der Waals surface area contributed by atoms with E-state index < -0.39 is 17.5 Å². The largest absolute Gasteiger partial charge is 0.345 e. The zero-order valence-electron chi connectivity index (χ0n) is 12.3. The highest BCUT2D eigenvalue weighted by atomic mass is 19.1. The van der Waals surface area contributed by atoms with Gasteiger partial charge in [0.05, 0.1) is 11.6 Å². The van der Waals surface area contributed by atoms with Crippen LogP contribution in [0.5, 0.6) is 0 Å². The van der Waals surface area contributed by atoms with Crippen LogP contribution in [-0.2, 0) is 0 Å². The number of rotatable bonds is 4. The smallest absolute Gasteiger partial charge is 0.254 e. The van der Waals surface area contributed by atoms with Crippen molar-refractivity contribution in [3.05, 3.63) is 70.8 Å². The molecule has 1 aliphatic rings. The normalized spacial score (nSPS) is 15.4. The summed E-state index contributed by atoms with van der Waals surface area (Å²) in [6.45, 7) is 2.00. The molecule has 0 radical (unpaired) electrons. The van der Waals surface area contributed by atoms with Gasteiger partial charge in [-0.3, -0.25) is 4.79 Å². The molecule has 4 heteroatoms. The highest BCUT2D eigenvalue weighted by molar-refractivity contribution is 5.94. The van der Waals surface area contributed by atoms with Crippen LogP contribution in [-0.4, -0.2) is 5.91 Å². The van der Waals surface area contributed by atoms with Gasteiger partial charge in [0, 0.05) is 0 Å². The van der Waals surface area contributed by atoms with Crippen LogP contribution in [0.15, 0.2) is 42.5 Å². The van der Waals surface area contributed by atoms with Crippen LogP contribution in [0, 0.1) is 24.5 Å². The minimum absolute atomic E-state index is 0.157. The van der Waals surface area contributed by atoms with E-state index in [0.29, 0.717) is 5.92 Å². The van der Waals surface area contributed by atoms with E-state index in [1.165, 1.54) is 0 Å². The molecule has 22 heavy (non-hydrogen) atoms. The molecular formula is C18H17F2NO. The Morgan fingerprint density at radius 3 is 2.45 bits per heavy atom. The lowest BCUT2D eigenvalue weighted by atomic mass is 10.0. The standard InChI is InChI=1S/C18H17F2NO/c1-11-2-4-12(5-3-11)17(13-6-7-13)21-18(22)15-10-14(19)8-9-16(15)20/h2-5,8-10,13,17H,6-7H2,1H3,(H,21,22). The highest BCUT2D eigenvalue weighted by Gasteiger charge is 2.34. The average molecular weight is 301 g/mol. The maximum Gasteiger partial charge on any atom is 0.254 e. The maximum atomic E-state index is 13.7. The molecule has 0 bridgehead atoms. The molecule has 0 aromatic heterocycles. The number of benzene rings is 2. The summed E-state index contributed by atoms with van der Waals surface area (Å²) in [5.41, 5.74) is 1.89. The van der Waals surface area contributed by atoms with E-state index in [0.717, 1.165) is 42.2 Å². The minimum atomic E-state index is -0.711. The summed E-state index contributed by atoms with van der Waals surface area (Å²) >= 11 is 0. The third-order valence-corrected chi connectivity index (χ3v) is 3.99. The Morgan fingerprint density at radius 2 is 1.82 bits per heavy atom. The van der Waals surface area contributed by atoms with Crippen molar-refractivity contribution >= 4 is 5.91 Å². The van der Waals surface area contributed by atoms with Crippen molar-refractivity contribution in [1.82, 2.24) is 5.32 Å². The van der Waals surface area contributed by atoms with Gasteiger partial charge in [0.15, 0.2) is 0 Å². The number of carbonyl (C=O) groups is 1. The molecule has 114 valence electrons. The van der Waals surface area contributed by atoms with Crippen molar-refractivity contribution in [3.8, 4) is 0 Å². The molecule has 2 nitrogen and oxygen atoms in total. The van der Waals surface area contributed by atoms with Gasteiger partial charge in [-0.25, -0.2) is 8.78 Å². The van der Waals surface area contributed by atoms with Gasteiger partial charge in [0.2, 0.25) is 0 Å². The molecule has 1 amide bonds. The fraction of sp³-hybridized carbons (Fsp3) is 0.278. The van der Waals surface area contributed by atoms with Crippen molar-refractivity contribution < 1.29 is 13.6 Å². The van der Waals surface area contributed by atoms with E-state index in [-0.39, 0.29) is 11.6 Å². The van der Waals surface area contributed by atoms with Gasteiger partial charge >= 0.3 is 0 Å². The maximum absolute atomic E-state index is 13.7. The first-order valence-electron chi connectivity index (χ1n) is 7.37. The van der Waals surface area contributed by atoms with Crippen LogP contribution < -0.4 is 5.32 Å². The quantitative estimate of drug-likeness (QED) is 0.903. The van der Waals surface area contributed by atoms with Gasteiger partial charge in [-0.2, -0.15) is 0 Å². The average Bonchev–Trinajstić information content (AvgIpc) is 3.33. The zero-order chi connectivity index (χ0) is 15.7. The Hall–Kier alpha value is -2.23. The molecule has 1 aliphatic carbocycles. The van der Waals surface area contributed by atoms with Gasteiger partial charge in [0.1, 0.15) is 11.6 Å². The lowest BCUT2D eigenvalue weighted by Gasteiger charge is -2.19. The molecule has 0 saturated heterocycles. The molecule has 0 heterocycles. The fourth-order valence-corrected chi connectivity index (χ4v) is 2.57. The van der Waals surface area contributed by atoms with Gasteiger partial charge in [-0.1, -0.05) is 29.8 Å². The van der Waals surface area contributed by atoms with Gasteiger partial charge in [-0.15, -0.1) is 0 Å². The second-order valence-corrected chi connectivity index (χ2v) is 5.82. The Morgan fingerprint density at radius 1 is 1.14 bits per heavy atom. The van der Waals surface area contributed by atoms with Crippen LogP contribution in [0.2, 0.25) is 0 Å². The van der Waals surface area contributed by atoms with Gasteiger partial charge < -0.3 is 5.32 Å². The van der Waals surface area contributed by atoms with E-state index >= 15 is 0 Å². The molecule has 3 rings (SSSR count). The molecule has 1 atom stereocenters. The Labute approximate surface area is 128 Å². The van der Waals surface area contributed by atoms with E-state index in [2.05, 4.69) is 5.32 Å². The number of aryl methyl sites for hydroxylation is 1. The summed E-state index contributed by atoms with van der Waals surface area (Å²) in [7, 11) is 0. The van der Waals surface area contributed by atoms with Crippen molar-refractivity contribution in [2.75, 3.05) is 0 Å². The van der Waals surface area contributed by atoms with Crippen molar-refractivity contribution in [2.45, 2.75) is 25.8 Å². The van der Waals surface area contributed by atoms with Crippen LogP contribution in [0.3, 0.4) is 0 Å². The number of hydrogen-bond donors (Lipinski definition) is 1. The second-order valence-electron chi connectivity index (χ2n) is 5.82. The van der Waals surface area contributed by atoms with E-state index in [9.17, 15) is 13.6 Å². The van der Waals surface area contributed by atoms with Crippen LogP contribution in [0.25, 0.3) is 0 Å². The van der Waals surface area contributed by atoms with Crippen molar-refractivity contribution in [3.63, 3.8) is 0 Å². The second kappa shape index (κ2) is 5.87. The lowest BCUT2D eigenvalue weighted by Crippen LogP contribution is -2.30. The van der Waals surface area contributed by atoms with E-state index in [1.807, 2.05) is 31.2 Å². The topological polar surface area (TPSA) is 29.1 Å². The fourth-order valence-electron chi connectivity index (χ4n) is 2.57. The molecular weight excluding hydrogens is 284 g/mol. The summed E-state index contributed by atoms with van der Waals surface area (Å²) in [4.78, 5) is 12.3. The molecule has 0 aliphatic heterocycles. The van der Waals surface area contributed by atoms with Gasteiger partial charge in [-0.05, 0) is 49.4 Å². The third-order valence-electron chi connectivity index (χ3n) is 3.99. The molecule has 0 spiro atoms. The highest BCUT2D eigenvalue weighted by Crippen LogP contribution is 2.41. The Balaban J connectivity index is 1.83. The molecule has 1 fully saturated rings. The predicted molar refractivity (Wildman–Crippen MR) is 80.5 cm³/mol. The van der Waals surface area contributed by atoms with Gasteiger partial charge in [0.25, 0.3) is 5.91 Å². The predicted octanol–water partition coefficient (Wildman–Crippen LogP) is 4.15. The monoisotopic (exact) mass is 301 g/mol. The van der Waals surface area contributed by atoms with Crippen LogP contribution in [0.1, 0.15) is 40.4 Å². The number of nitrogens with one attached hydrogen (secondary N) is 1. The van der Waals surface area contributed by atoms with E-state index in [1.54, 1.807) is 0 Å². The van der Waals surface area contributed by atoms with E-state index in [4.69, 9.17) is 0 Å². The SMILES string of the molecule is Cc1ccc(C(NC(=O)c2cc(F)ccc2F)C2CC2)cc1. The first-order chi connectivity index (χ1) is 10.5. The van der Waals surface area contributed by atoms with Crippen molar-refractivity contribution in [1.29, 1.82) is 0 Å². The summed E-state index contributed by atoms with van der Waals surface area (Å²) in [6, 6.07) is 10.7. The molecule has 2 aromatic carbocycles. The number of carbonyl (C=O) groups excluding carboxylic acids is 1. The molecule has 1 N–H and O–H groups in total. The van der Waals surface area contributed by atoms with Crippen LogP contribution >= 0.6 is 0 Å². The zero-order valence-corrected chi connectivity index (χ0v) is 12.3. The Kier molecular flexibility index (Phi) is 3.92. The summed E-state index contributed by atoms with van der Waals surface area (Å²) in [5.74, 6) is -1.54. The lowest BCUT2D eigenvalue weighted by molar-refractivity contribution is 0.0927. The molecule has 1 saturated carbocycles. The van der Waals surface area contributed by atoms with Crippen LogP contribution in [0.4, 0.5) is 8.78 Å². The molecule has 2 aromatic rings. The number of halogens is 2. The molecule has 1 unspecified atom stereocenters. The summed E-state index contributed by atoms with van der Waals surface area (Å²) < 4.78 is 27.0. The Bertz CT molecular complexity index is 693. The first kappa shape index (κ1) is 14.7. The third kappa shape index (κ3) is 3.16. The van der Waals surface area contributed by atoms with Crippen molar-refractivity contribution in [2.24, 2.45) is 5.92 Å². The number of hydrogen-bond acceptors (Lipinski definition) is 1. The summed E-state index contributed by atoms with van der Waals surface area (Å²) in [5, 5.41) is 2.85.